The Bertz CT molecular complexity index is 2650. The third-order valence-corrected chi connectivity index (χ3v) is 19.5. The van der Waals surface area contributed by atoms with E-state index in [9.17, 15) is 98.6 Å². The van der Waals surface area contributed by atoms with Gasteiger partial charge in [0.2, 0.25) is 53.2 Å². The molecule has 17 unspecified atom stereocenters. The van der Waals surface area contributed by atoms with E-state index in [1.165, 1.54) is 27.7 Å². The maximum absolute atomic E-state index is 14.1. The maximum Gasteiger partial charge on any atom is 0.333 e. The molecule has 596 valence electrons. The van der Waals surface area contributed by atoms with E-state index in [4.69, 9.17) is 47.2 Å². The van der Waals surface area contributed by atoms with Crippen molar-refractivity contribution in [3.63, 3.8) is 0 Å². The minimum atomic E-state index is -3.80. The van der Waals surface area contributed by atoms with Crippen molar-refractivity contribution in [2.24, 2.45) is 0 Å². The van der Waals surface area contributed by atoms with Crippen LogP contribution in [0.25, 0.3) is 0 Å². The quantitative estimate of drug-likeness (QED) is 0.0199. The first-order chi connectivity index (χ1) is 48.8. The topological polar surface area (TPSA) is 574 Å². The number of hydrogen-bond acceptors (Lipinski definition) is 29. The summed E-state index contributed by atoms with van der Waals surface area (Å²) in [5, 5.41) is 114. The monoisotopic (exact) mass is 1510 g/mol. The molecule has 103 heavy (non-hydrogen) atoms. The lowest BCUT2D eigenvalue weighted by atomic mass is 9.93. The molecular weight excluding hydrogens is 1390 g/mol. The Morgan fingerprint density at radius 1 is 0.466 bits per heavy atom. The summed E-state index contributed by atoms with van der Waals surface area (Å²) in [6, 6.07) is -4.98. The van der Waals surface area contributed by atoms with Gasteiger partial charge in [0.25, 0.3) is 0 Å². The predicted molar refractivity (Wildman–Crippen MR) is 358 cm³/mol. The first kappa shape index (κ1) is 91.9. The number of aliphatic hydroxyl groups excluding tert-OH is 9. The highest BCUT2D eigenvalue weighted by Crippen LogP contribution is 2.56. The Morgan fingerprint density at radius 3 is 1.31 bits per heavy atom. The van der Waals surface area contributed by atoms with Gasteiger partial charge in [-0.05, 0) is 59.3 Å². The molecule has 3 aliphatic rings. The summed E-state index contributed by atoms with van der Waals surface area (Å²) in [7, 11) is -3.80. The van der Waals surface area contributed by atoms with E-state index in [1.807, 2.05) is 6.92 Å². The molecule has 18 atom stereocenters. The molecule has 0 aliphatic carbocycles. The van der Waals surface area contributed by atoms with Crippen LogP contribution in [0.4, 0.5) is 0 Å². The second kappa shape index (κ2) is 48.1. The largest absolute Gasteiger partial charge is 0.394 e. The van der Waals surface area contributed by atoms with Gasteiger partial charge in [-0.15, -0.1) is 0 Å². The third-order valence-electron chi connectivity index (χ3n) is 17.1. The third kappa shape index (κ3) is 32.7. The Morgan fingerprint density at radius 2 is 0.874 bits per heavy atom. The molecule has 0 aromatic carbocycles. The molecular formula is C63H114N9O30P. The van der Waals surface area contributed by atoms with Gasteiger partial charge < -0.3 is 146 Å². The van der Waals surface area contributed by atoms with E-state index in [0.717, 1.165) is 0 Å². The molecule has 3 saturated heterocycles. The lowest BCUT2D eigenvalue weighted by molar-refractivity contribution is -0.272. The number of rotatable bonds is 51. The summed E-state index contributed by atoms with van der Waals surface area (Å²) in [5.41, 5.74) is -1.83. The predicted octanol–water partition coefficient (Wildman–Crippen LogP) is -6.58. The molecule has 0 bridgehead atoms. The number of amides is 9. The average molecular weight is 1510 g/mol. The molecule has 0 saturated carbocycles. The molecule has 39 nitrogen and oxygen atoms in total. The highest BCUT2D eigenvalue weighted by molar-refractivity contribution is 7.54. The molecule has 9 amide bonds. The van der Waals surface area contributed by atoms with Gasteiger partial charge in [-0.1, -0.05) is 19.8 Å². The van der Waals surface area contributed by atoms with Gasteiger partial charge in [0.05, 0.1) is 91.0 Å². The fraction of sp³-hybridized carbons (Fsp3) is 0.857. The number of hydrogen-bond donors (Lipinski definition) is 19. The number of unbranched alkanes of at least 4 members (excludes halogenated alkanes) is 3. The molecule has 0 spiro atoms. The van der Waals surface area contributed by atoms with Crippen LogP contribution < -0.4 is 47.9 Å². The summed E-state index contributed by atoms with van der Waals surface area (Å²) in [6.07, 6.45) is -15.4. The van der Waals surface area contributed by atoms with Crippen LogP contribution in [0.3, 0.4) is 0 Å². The van der Waals surface area contributed by atoms with Gasteiger partial charge in [0, 0.05) is 72.6 Å². The number of aliphatic hydroxyl groups is 9. The normalized spacial score (nSPS) is 26.4. The molecule has 3 heterocycles. The molecule has 3 fully saturated rings. The van der Waals surface area contributed by atoms with E-state index in [-0.39, 0.29) is 130 Å². The summed E-state index contributed by atoms with van der Waals surface area (Å²) >= 11 is 0. The summed E-state index contributed by atoms with van der Waals surface area (Å²) in [4.78, 5) is 127. The number of carbonyl (C=O) groups excluding carboxylic acids is 9. The smallest absolute Gasteiger partial charge is 0.333 e. The van der Waals surface area contributed by atoms with Crippen molar-refractivity contribution in [2.45, 2.75) is 234 Å². The van der Waals surface area contributed by atoms with Crippen LogP contribution in [0.1, 0.15) is 126 Å². The minimum Gasteiger partial charge on any atom is -0.394 e. The van der Waals surface area contributed by atoms with Crippen molar-refractivity contribution in [1.29, 1.82) is 0 Å². The van der Waals surface area contributed by atoms with Gasteiger partial charge in [0.15, 0.2) is 18.9 Å². The molecule has 0 aromatic heterocycles. The summed E-state index contributed by atoms with van der Waals surface area (Å²) in [6.45, 7) is 6.96. The second-order valence-electron chi connectivity index (χ2n) is 25.8. The van der Waals surface area contributed by atoms with Crippen LogP contribution in [-0.2, 0) is 94.9 Å². The minimum absolute atomic E-state index is 0.0478. The van der Waals surface area contributed by atoms with Gasteiger partial charge in [-0.3, -0.25) is 47.7 Å². The van der Waals surface area contributed by atoms with E-state index >= 15 is 0 Å². The Kier molecular flexibility index (Phi) is 42.9. The van der Waals surface area contributed by atoms with E-state index in [2.05, 4.69) is 47.9 Å². The van der Waals surface area contributed by atoms with Crippen molar-refractivity contribution < 1.29 is 146 Å². The van der Waals surface area contributed by atoms with Crippen molar-refractivity contribution in [1.82, 2.24) is 47.9 Å². The van der Waals surface area contributed by atoms with E-state index < -0.39 is 190 Å². The fourth-order valence-corrected chi connectivity index (χ4v) is 11.7. The van der Waals surface area contributed by atoms with Gasteiger partial charge in [0.1, 0.15) is 84.6 Å². The van der Waals surface area contributed by atoms with Crippen LogP contribution in [-0.4, -0.2) is 325 Å². The van der Waals surface area contributed by atoms with Gasteiger partial charge in [-0.25, -0.2) is 0 Å². The van der Waals surface area contributed by atoms with Crippen molar-refractivity contribution in [3.05, 3.63) is 0 Å². The highest BCUT2D eigenvalue weighted by atomic mass is 31.2. The van der Waals surface area contributed by atoms with Crippen LogP contribution >= 0.6 is 7.60 Å². The van der Waals surface area contributed by atoms with Crippen LogP contribution in [0.2, 0.25) is 0 Å². The lowest BCUT2D eigenvalue weighted by Crippen LogP contribution is -2.64. The van der Waals surface area contributed by atoms with Crippen LogP contribution in [0.15, 0.2) is 0 Å². The zero-order valence-electron chi connectivity index (χ0n) is 59.8. The number of nitrogens with one attached hydrogen (secondary N) is 9. The maximum atomic E-state index is 14.1. The van der Waals surface area contributed by atoms with Crippen molar-refractivity contribution >= 4 is 60.8 Å². The zero-order valence-corrected chi connectivity index (χ0v) is 60.7. The van der Waals surface area contributed by atoms with E-state index in [1.54, 1.807) is 13.8 Å². The molecule has 0 radical (unpaired) electrons. The molecule has 40 heteroatoms. The average Bonchev–Trinajstić information content (AvgIpc) is 0.813. The van der Waals surface area contributed by atoms with E-state index in [0.29, 0.717) is 38.6 Å². The molecule has 3 aliphatic heterocycles. The Labute approximate surface area is 598 Å². The second-order valence-corrected chi connectivity index (χ2v) is 28.3. The number of carbonyl (C=O) groups is 9. The standard InChI is InChI=1S/C63H114N9O30P/c1-8-62(5,6)103(91,92)99-24-12-10-9-11-20-64-44(79)14-13-15-46(81)71-40(57(89)66-22-26-94-29-32-97-59-49(69-38(3)77)55(87)52(84)42(35-74)101-59)16-17-47(82)72-63(7,61(90)67-23-27-95-30-33-98-60-50(70-39(4)78)56(88)53(85)43(36-75)102-60)19-18-45(80)65-21-25-93-28-31-96-58-48(68-37(2)76)54(86)51(83)41(34-73)100-58/h40-43,48-56,58-60,73-75,83-88H,8-36H2,1-7H3,(H,64,79)(H,65,80)(H,66,89)(H,67,90)(H,68,76)(H,69,77)(H,70,78)(H,71,81)(H,72,82)(H,91,92)/t40-,41?,42?,43?,48?,49?,50?,51?,52?,53?,54?,55?,56?,58?,59?,60?,63?/m0/s1. The van der Waals surface area contributed by atoms with Gasteiger partial charge >= 0.3 is 7.60 Å². The summed E-state index contributed by atoms with van der Waals surface area (Å²) in [5.74, 6) is -5.57. The van der Waals surface area contributed by atoms with Crippen LogP contribution in [0.5, 0.6) is 0 Å². The SMILES string of the molecule is CCC(C)(C)P(=O)(O)OCCCCCCNC(=O)CCCC(=O)N[C@@H](CCC(=O)NC(C)(CCC(=O)NCCOCCOC1OC(CO)C(O)C(O)C1NC(C)=O)C(=O)NCCOCCOC1OC(CO)C(O)C(O)C1NC(C)=O)C(=O)NCCOCCOC1OC(CO)C(O)C(O)C1NC(C)=O. The first-order valence-corrected chi connectivity index (χ1v) is 36.3. The first-order valence-electron chi connectivity index (χ1n) is 34.7. The fourth-order valence-electron chi connectivity index (χ4n) is 10.6. The molecule has 0 aromatic rings. The molecule has 3 rings (SSSR count). The molecule has 19 N–H and O–H groups in total. The van der Waals surface area contributed by atoms with Gasteiger partial charge in [-0.2, -0.15) is 0 Å². The summed E-state index contributed by atoms with van der Waals surface area (Å²) < 4.78 is 68.2. The zero-order chi connectivity index (χ0) is 76.9. The number of ether oxygens (including phenoxy) is 9. The van der Waals surface area contributed by atoms with Crippen LogP contribution in [0, 0.1) is 0 Å². The Hall–Kier alpha value is -5.34. The van der Waals surface area contributed by atoms with Crippen molar-refractivity contribution in [3.8, 4) is 0 Å². The lowest BCUT2D eigenvalue weighted by Gasteiger charge is -2.42. The highest BCUT2D eigenvalue weighted by Gasteiger charge is 2.48. The van der Waals surface area contributed by atoms with Crippen molar-refractivity contribution in [2.75, 3.05) is 112 Å². The Balaban J connectivity index is 1.67.